The van der Waals surface area contributed by atoms with Gasteiger partial charge in [-0.05, 0) is 24.3 Å². The Kier molecular flexibility index (Phi) is 4.91. The molecule has 3 aromatic rings. The second-order valence-electron chi connectivity index (χ2n) is 6.88. The predicted molar refractivity (Wildman–Crippen MR) is 106 cm³/mol. The van der Waals surface area contributed by atoms with E-state index >= 15 is 0 Å². The summed E-state index contributed by atoms with van der Waals surface area (Å²) >= 11 is 0. The first-order valence-corrected chi connectivity index (χ1v) is 9.27. The molecule has 0 unspecified atom stereocenters. The molecule has 0 bridgehead atoms. The van der Waals surface area contributed by atoms with Crippen molar-refractivity contribution in [3.63, 3.8) is 0 Å². The van der Waals surface area contributed by atoms with Crippen molar-refractivity contribution in [1.29, 1.82) is 0 Å². The molecular formula is C20H23N7. The number of aromatic nitrogens is 5. The Balaban J connectivity index is 1.46. The first-order chi connectivity index (χ1) is 13.2. The van der Waals surface area contributed by atoms with Crippen molar-refractivity contribution < 1.29 is 0 Å². The lowest BCUT2D eigenvalue weighted by Gasteiger charge is -2.35. The molecule has 1 saturated heterocycles. The summed E-state index contributed by atoms with van der Waals surface area (Å²) < 4.78 is 0. The largest absolute Gasteiger partial charge is 0.353 e. The molecule has 0 N–H and O–H groups in total. The van der Waals surface area contributed by atoms with E-state index in [0.717, 1.165) is 55.0 Å². The average molecular weight is 361 g/mol. The highest BCUT2D eigenvalue weighted by atomic mass is 15.3. The fourth-order valence-corrected chi connectivity index (χ4v) is 3.14. The van der Waals surface area contributed by atoms with Gasteiger partial charge in [-0.25, -0.2) is 19.9 Å². The van der Waals surface area contributed by atoms with Gasteiger partial charge in [-0.15, -0.1) is 0 Å². The molecule has 27 heavy (non-hydrogen) atoms. The van der Waals surface area contributed by atoms with Crippen molar-refractivity contribution in [1.82, 2.24) is 24.9 Å². The summed E-state index contributed by atoms with van der Waals surface area (Å²) in [6.07, 6.45) is 7.24. The van der Waals surface area contributed by atoms with Crippen LogP contribution >= 0.6 is 0 Å². The van der Waals surface area contributed by atoms with Crippen LogP contribution in [-0.4, -0.2) is 51.1 Å². The van der Waals surface area contributed by atoms with Crippen LogP contribution in [0.3, 0.4) is 0 Å². The molecule has 1 fully saturated rings. The molecule has 7 heteroatoms. The second kappa shape index (κ2) is 7.65. The average Bonchev–Trinajstić information content (AvgIpc) is 2.75. The number of piperazine rings is 1. The smallest absolute Gasteiger partial charge is 0.225 e. The third-order valence-electron chi connectivity index (χ3n) is 4.68. The van der Waals surface area contributed by atoms with Gasteiger partial charge in [0.1, 0.15) is 11.6 Å². The predicted octanol–water partition coefficient (Wildman–Crippen LogP) is 2.78. The molecule has 0 amide bonds. The zero-order chi connectivity index (χ0) is 18.6. The number of hydrogen-bond donors (Lipinski definition) is 0. The molecule has 0 aromatic carbocycles. The van der Waals surface area contributed by atoms with Gasteiger partial charge in [-0.3, -0.25) is 4.98 Å². The summed E-state index contributed by atoms with van der Waals surface area (Å²) in [6, 6.07) is 7.85. The van der Waals surface area contributed by atoms with Gasteiger partial charge in [0.2, 0.25) is 5.95 Å². The van der Waals surface area contributed by atoms with E-state index in [1.54, 1.807) is 12.4 Å². The fourth-order valence-electron chi connectivity index (χ4n) is 3.14. The minimum absolute atomic E-state index is 0.329. The Morgan fingerprint density at radius 2 is 1.48 bits per heavy atom. The van der Waals surface area contributed by atoms with Crippen LogP contribution in [0.1, 0.15) is 25.6 Å². The van der Waals surface area contributed by atoms with Crippen LogP contribution in [-0.2, 0) is 0 Å². The van der Waals surface area contributed by atoms with Gasteiger partial charge in [0, 0.05) is 62.4 Å². The van der Waals surface area contributed by atoms with Gasteiger partial charge in [-0.1, -0.05) is 13.8 Å². The molecule has 0 atom stereocenters. The summed E-state index contributed by atoms with van der Waals surface area (Å²) in [4.78, 5) is 26.9. The molecule has 4 heterocycles. The van der Waals surface area contributed by atoms with Crippen molar-refractivity contribution >= 4 is 11.8 Å². The first kappa shape index (κ1) is 17.3. The van der Waals surface area contributed by atoms with Crippen LogP contribution in [0.5, 0.6) is 0 Å². The van der Waals surface area contributed by atoms with Gasteiger partial charge >= 0.3 is 0 Å². The van der Waals surface area contributed by atoms with Gasteiger partial charge < -0.3 is 9.80 Å². The van der Waals surface area contributed by atoms with E-state index in [9.17, 15) is 0 Å². The summed E-state index contributed by atoms with van der Waals surface area (Å²) in [6.45, 7) is 7.73. The van der Waals surface area contributed by atoms with Crippen LogP contribution in [0.2, 0.25) is 0 Å². The lowest BCUT2D eigenvalue weighted by molar-refractivity contribution is 0.630. The van der Waals surface area contributed by atoms with Gasteiger partial charge in [0.15, 0.2) is 0 Å². The normalized spacial score (nSPS) is 14.6. The van der Waals surface area contributed by atoms with E-state index in [1.807, 2.05) is 36.7 Å². The lowest BCUT2D eigenvalue weighted by Crippen LogP contribution is -2.47. The van der Waals surface area contributed by atoms with Gasteiger partial charge in [0.05, 0.1) is 5.69 Å². The molecule has 1 aliphatic heterocycles. The zero-order valence-electron chi connectivity index (χ0n) is 15.7. The van der Waals surface area contributed by atoms with Crippen LogP contribution < -0.4 is 9.80 Å². The third kappa shape index (κ3) is 3.86. The van der Waals surface area contributed by atoms with Crippen LogP contribution in [0.15, 0.2) is 49.1 Å². The maximum atomic E-state index is 4.74. The Labute approximate surface area is 159 Å². The topological polar surface area (TPSA) is 70.9 Å². The first-order valence-electron chi connectivity index (χ1n) is 9.27. The maximum Gasteiger partial charge on any atom is 0.225 e. The molecular weight excluding hydrogens is 338 g/mol. The van der Waals surface area contributed by atoms with Crippen molar-refractivity contribution in [2.24, 2.45) is 0 Å². The number of nitrogens with zero attached hydrogens (tertiary/aromatic N) is 7. The monoisotopic (exact) mass is 361 g/mol. The highest BCUT2D eigenvalue weighted by molar-refractivity contribution is 5.59. The summed E-state index contributed by atoms with van der Waals surface area (Å²) in [7, 11) is 0. The molecule has 0 radical (unpaired) electrons. The number of pyridine rings is 1. The highest BCUT2D eigenvalue weighted by Gasteiger charge is 2.21. The molecule has 0 spiro atoms. The molecule has 4 rings (SSSR count). The third-order valence-corrected chi connectivity index (χ3v) is 4.68. The maximum absolute atomic E-state index is 4.74. The summed E-state index contributed by atoms with van der Waals surface area (Å²) in [5.41, 5.74) is 1.97. The van der Waals surface area contributed by atoms with Crippen LogP contribution in [0.4, 0.5) is 11.8 Å². The second-order valence-corrected chi connectivity index (χ2v) is 6.88. The van der Waals surface area contributed by atoms with E-state index in [4.69, 9.17) is 9.97 Å². The van der Waals surface area contributed by atoms with Crippen LogP contribution in [0.25, 0.3) is 11.3 Å². The van der Waals surface area contributed by atoms with Gasteiger partial charge in [-0.2, -0.15) is 0 Å². The standard InChI is InChI=1S/C20H23N7/c1-15(2)19-22-10-6-18(25-19)26-11-13-27(14-12-26)20-23-9-5-17(24-20)16-3-7-21-8-4-16/h3-10,15H,11-14H2,1-2H3. The fraction of sp³-hybridized carbons (Fsp3) is 0.350. The molecule has 0 aliphatic carbocycles. The molecule has 1 aliphatic rings. The van der Waals surface area contributed by atoms with Crippen LogP contribution in [0, 0.1) is 0 Å². The summed E-state index contributed by atoms with van der Waals surface area (Å²) in [5, 5.41) is 0. The molecule has 138 valence electrons. The Hall–Kier alpha value is -3.09. The zero-order valence-corrected chi connectivity index (χ0v) is 15.7. The van der Waals surface area contributed by atoms with Gasteiger partial charge in [0.25, 0.3) is 0 Å². The van der Waals surface area contributed by atoms with E-state index in [0.29, 0.717) is 5.92 Å². The molecule has 7 nitrogen and oxygen atoms in total. The van der Waals surface area contributed by atoms with Crippen molar-refractivity contribution in [2.75, 3.05) is 36.0 Å². The number of hydrogen-bond acceptors (Lipinski definition) is 7. The Morgan fingerprint density at radius 1 is 0.778 bits per heavy atom. The van der Waals surface area contributed by atoms with E-state index in [1.165, 1.54) is 0 Å². The minimum Gasteiger partial charge on any atom is -0.353 e. The number of rotatable bonds is 4. The quantitative estimate of drug-likeness (QED) is 0.707. The minimum atomic E-state index is 0.329. The van der Waals surface area contributed by atoms with Crippen molar-refractivity contribution in [3.8, 4) is 11.3 Å². The molecule has 0 saturated carbocycles. The molecule has 3 aromatic heterocycles. The highest BCUT2D eigenvalue weighted by Crippen LogP contribution is 2.21. The Bertz CT molecular complexity index is 890. The van der Waals surface area contributed by atoms with E-state index in [2.05, 4.69) is 38.6 Å². The van der Waals surface area contributed by atoms with E-state index < -0.39 is 0 Å². The van der Waals surface area contributed by atoms with Crippen molar-refractivity contribution in [3.05, 3.63) is 54.9 Å². The lowest BCUT2D eigenvalue weighted by atomic mass is 10.2. The summed E-state index contributed by atoms with van der Waals surface area (Å²) in [5.74, 6) is 2.99. The number of anilines is 2. The van der Waals surface area contributed by atoms with Crippen molar-refractivity contribution in [2.45, 2.75) is 19.8 Å². The van der Waals surface area contributed by atoms with E-state index in [-0.39, 0.29) is 0 Å². The Morgan fingerprint density at radius 3 is 2.22 bits per heavy atom. The SMILES string of the molecule is CC(C)c1nccc(N2CCN(c3nccc(-c4ccncc4)n3)CC2)n1.